The van der Waals surface area contributed by atoms with Crippen LogP contribution in [0.2, 0.25) is 5.02 Å². The number of nitrogens with one attached hydrogen (secondary N) is 2. The molecule has 0 heterocycles. The summed E-state index contributed by atoms with van der Waals surface area (Å²) in [5, 5.41) is 5.50. The lowest BCUT2D eigenvalue weighted by Gasteiger charge is -2.14. The molecule has 0 unspecified atom stereocenters. The van der Waals surface area contributed by atoms with Gasteiger partial charge in [-0.15, -0.1) is 0 Å². The summed E-state index contributed by atoms with van der Waals surface area (Å²) in [7, 11) is 0. The number of hydrogen-bond donors (Lipinski definition) is 2. The van der Waals surface area contributed by atoms with Crippen molar-refractivity contribution in [2.75, 3.05) is 10.6 Å². The molecule has 0 aliphatic heterocycles. The molecular formula is C15H12ClF3N2S. The third-order valence-corrected chi connectivity index (χ3v) is 3.46. The maximum atomic E-state index is 12.8. The highest BCUT2D eigenvalue weighted by Crippen LogP contribution is 2.36. The molecule has 0 saturated carbocycles. The molecule has 116 valence electrons. The Morgan fingerprint density at radius 3 is 2.41 bits per heavy atom. The molecule has 0 bridgehead atoms. The largest absolute Gasteiger partial charge is 0.417 e. The van der Waals surface area contributed by atoms with E-state index in [9.17, 15) is 13.2 Å². The molecule has 0 aliphatic rings. The fourth-order valence-corrected chi connectivity index (χ4v) is 2.27. The molecule has 2 aromatic rings. The number of anilines is 2. The number of rotatable bonds is 2. The van der Waals surface area contributed by atoms with Crippen molar-refractivity contribution in [2.24, 2.45) is 0 Å². The molecule has 2 nitrogen and oxygen atoms in total. The maximum Gasteiger partial charge on any atom is 0.417 e. The summed E-state index contributed by atoms with van der Waals surface area (Å²) in [5.41, 5.74) is 1.06. The van der Waals surface area contributed by atoms with Crippen molar-refractivity contribution >= 4 is 40.3 Å². The first-order chi connectivity index (χ1) is 10.3. The van der Waals surface area contributed by atoms with E-state index in [1.165, 1.54) is 12.1 Å². The molecule has 2 rings (SSSR count). The lowest BCUT2D eigenvalue weighted by molar-refractivity contribution is -0.137. The third-order valence-electron chi connectivity index (χ3n) is 2.92. The van der Waals surface area contributed by atoms with E-state index < -0.39 is 11.7 Å². The van der Waals surface area contributed by atoms with Crippen LogP contribution in [0.1, 0.15) is 11.1 Å². The molecule has 0 atom stereocenters. The van der Waals surface area contributed by atoms with Crippen LogP contribution in [0.15, 0.2) is 42.5 Å². The summed E-state index contributed by atoms with van der Waals surface area (Å²) in [5.74, 6) is 0. The van der Waals surface area contributed by atoms with Gasteiger partial charge in [-0.25, -0.2) is 0 Å². The smallest absolute Gasteiger partial charge is 0.332 e. The fourth-order valence-electron chi connectivity index (χ4n) is 1.82. The van der Waals surface area contributed by atoms with E-state index in [1.807, 2.05) is 31.2 Å². The zero-order valence-electron chi connectivity index (χ0n) is 11.5. The zero-order chi connectivity index (χ0) is 16.3. The number of thiocarbonyl (C=S) groups is 1. The van der Waals surface area contributed by atoms with E-state index in [2.05, 4.69) is 10.6 Å². The molecule has 0 aromatic heterocycles. The summed E-state index contributed by atoms with van der Waals surface area (Å²) in [6, 6.07) is 11.0. The monoisotopic (exact) mass is 344 g/mol. The first kappa shape index (κ1) is 16.6. The average molecular weight is 345 g/mol. The van der Waals surface area contributed by atoms with Gasteiger partial charge in [-0.2, -0.15) is 13.2 Å². The van der Waals surface area contributed by atoms with Gasteiger partial charge in [-0.3, -0.25) is 0 Å². The summed E-state index contributed by atoms with van der Waals surface area (Å²) in [6.45, 7) is 1.90. The summed E-state index contributed by atoms with van der Waals surface area (Å²) >= 11 is 10.7. The van der Waals surface area contributed by atoms with E-state index >= 15 is 0 Å². The normalized spacial score (nSPS) is 11.1. The van der Waals surface area contributed by atoms with Crippen LogP contribution in [0.3, 0.4) is 0 Å². The van der Waals surface area contributed by atoms with Gasteiger partial charge in [0.2, 0.25) is 0 Å². The Hall–Kier alpha value is -1.79. The highest BCUT2D eigenvalue weighted by atomic mass is 35.5. The molecule has 0 radical (unpaired) electrons. The Kier molecular flexibility index (Phi) is 4.93. The number of para-hydroxylation sites is 1. The minimum Gasteiger partial charge on any atom is -0.332 e. The van der Waals surface area contributed by atoms with Crippen LogP contribution in [0.4, 0.5) is 24.5 Å². The summed E-state index contributed by atoms with van der Waals surface area (Å²) < 4.78 is 38.4. The van der Waals surface area contributed by atoms with E-state index in [0.717, 1.165) is 17.3 Å². The fraction of sp³-hybridized carbons (Fsp3) is 0.133. The second-order valence-electron chi connectivity index (χ2n) is 4.59. The molecule has 0 aliphatic carbocycles. The minimum atomic E-state index is -4.51. The zero-order valence-corrected chi connectivity index (χ0v) is 13.0. The van der Waals surface area contributed by atoms with Crippen LogP contribution in [0, 0.1) is 6.92 Å². The molecular weight excluding hydrogens is 333 g/mol. The van der Waals surface area contributed by atoms with Crippen molar-refractivity contribution in [3.8, 4) is 0 Å². The van der Waals surface area contributed by atoms with Crippen LogP contribution in [0.25, 0.3) is 0 Å². The van der Waals surface area contributed by atoms with Gasteiger partial charge in [0.25, 0.3) is 0 Å². The molecule has 7 heteroatoms. The van der Waals surface area contributed by atoms with Crippen LogP contribution in [-0.4, -0.2) is 5.11 Å². The van der Waals surface area contributed by atoms with E-state index in [-0.39, 0.29) is 15.8 Å². The highest BCUT2D eigenvalue weighted by Gasteiger charge is 2.33. The van der Waals surface area contributed by atoms with Crippen LogP contribution in [0.5, 0.6) is 0 Å². The number of aryl methyl sites for hydroxylation is 1. The van der Waals surface area contributed by atoms with E-state index in [4.69, 9.17) is 23.8 Å². The number of halogens is 4. The lowest BCUT2D eigenvalue weighted by Crippen LogP contribution is -2.20. The maximum absolute atomic E-state index is 12.8. The Morgan fingerprint density at radius 1 is 1.09 bits per heavy atom. The first-order valence-electron chi connectivity index (χ1n) is 6.28. The standard InChI is InChI=1S/C15H12ClF3N2S/c1-9-4-2-3-5-13(9)21-14(22)20-10-6-7-12(16)11(8-10)15(17,18)19/h2-8H,1H3,(H2,20,21,22). The lowest BCUT2D eigenvalue weighted by atomic mass is 10.2. The number of hydrogen-bond acceptors (Lipinski definition) is 1. The molecule has 22 heavy (non-hydrogen) atoms. The Balaban J connectivity index is 2.14. The summed E-state index contributed by atoms with van der Waals surface area (Å²) in [6.07, 6.45) is -4.51. The van der Waals surface area contributed by atoms with Crippen molar-refractivity contribution in [3.05, 3.63) is 58.6 Å². The molecule has 0 fully saturated rings. The van der Waals surface area contributed by atoms with E-state index in [0.29, 0.717) is 0 Å². The predicted molar refractivity (Wildman–Crippen MR) is 87.5 cm³/mol. The Labute approximate surface area is 136 Å². The van der Waals surface area contributed by atoms with Gasteiger partial charge >= 0.3 is 6.18 Å². The predicted octanol–water partition coefficient (Wildman–Crippen LogP) is 5.48. The van der Waals surface area contributed by atoms with Crippen molar-refractivity contribution in [1.29, 1.82) is 0 Å². The van der Waals surface area contributed by atoms with Crippen LogP contribution in [-0.2, 0) is 6.18 Å². The van der Waals surface area contributed by atoms with Crippen molar-refractivity contribution in [2.45, 2.75) is 13.1 Å². The molecule has 2 aromatic carbocycles. The minimum absolute atomic E-state index is 0.199. The highest BCUT2D eigenvalue weighted by molar-refractivity contribution is 7.80. The van der Waals surface area contributed by atoms with Crippen LogP contribution < -0.4 is 10.6 Å². The van der Waals surface area contributed by atoms with E-state index in [1.54, 1.807) is 0 Å². The summed E-state index contributed by atoms with van der Waals surface area (Å²) in [4.78, 5) is 0. The van der Waals surface area contributed by atoms with Crippen molar-refractivity contribution in [1.82, 2.24) is 0 Å². The second kappa shape index (κ2) is 6.54. The molecule has 0 saturated heterocycles. The van der Waals surface area contributed by atoms with Gasteiger partial charge in [-0.1, -0.05) is 29.8 Å². The number of benzene rings is 2. The topological polar surface area (TPSA) is 24.1 Å². The van der Waals surface area contributed by atoms with Gasteiger partial charge in [-0.05, 0) is 49.0 Å². The van der Waals surface area contributed by atoms with Crippen LogP contribution >= 0.6 is 23.8 Å². The van der Waals surface area contributed by atoms with Gasteiger partial charge in [0.05, 0.1) is 10.6 Å². The quantitative estimate of drug-likeness (QED) is 0.706. The second-order valence-corrected chi connectivity index (χ2v) is 5.40. The van der Waals surface area contributed by atoms with Gasteiger partial charge in [0.1, 0.15) is 0 Å². The first-order valence-corrected chi connectivity index (χ1v) is 7.06. The molecule has 0 spiro atoms. The Morgan fingerprint density at radius 2 is 1.77 bits per heavy atom. The number of alkyl halides is 3. The van der Waals surface area contributed by atoms with Crippen molar-refractivity contribution < 1.29 is 13.2 Å². The van der Waals surface area contributed by atoms with Gasteiger partial charge in [0, 0.05) is 11.4 Å². The third kappa shape index (κ3) is 4.11. The molecule has 2 N–H and O–H groups in total. The molecule has 0 amide bonds. The van der Waals surface area contributed by atoms with Gasteiger partial charge in [0.15, 0.2) is 5.11 Å². The van der Waals surface area contributed by atoms with Gasteiger partial charge < -0.3 is 10.6 Å². The van der Waals surface area contributed by atoms with Crippen molar-refractivity contribution in [3.63, 3.8) is 0 Å². The Bertz CT molecular complexity index is 701. The average Bonchev–Trinajstić information content (AvgIpc) is 2.42. The SMILES string of the molecule is Cc1ccccc1NC(=S)Nc1ccc(Cl)c(C(F)(F)F)c1.